The van der Waals surface area contributed by atoms with E-state index in [9.17, 15) is 0 Å². The number of hydrogen-bond donors (Lipinski definition) is 0. The lowest BCUT2D eigenvalue weighted by atomic mass is 10.1. The highest BCUT2D eigenvalue weighted by Gasteiger charge is 2.23. The molecule has 3 heteroatoms. The zero-order chi connectivity index (χ0) is 10.1. The van der Waals surface area contributed by atoms with Crippen molar-refractivity contribution in [3.63, 3.8) is 0 Å². The van der Waals surface area contributed by atoms with Gasteiger partial charge >= 0.3 is 0 Å². The quantitative estimate of drug-likeness (QED) is 0.719. The molecule has 2 rings (SSSR count). The Balaban J connectivity index is 2.13. The van der Waals surface area contributed by atoms with Crippen molar-refractivity contribution in [3.05, 3.63) is 28.3 Å². The zero-order valence-electron chi connectivity index (χ0n) is 8.34. The summed E-state index contributed by atoms with van der Waals surface area (Å²) in [4.78, 5) is 0. The van der Waals surface area contributed by atoms with Crippen LogP contribution in [0.15, 0.2) is 12.1 Å². The van der Waals surface area contributed by atoms with Crippen LogP contribution in [0.4, 0.5) is 0 Å². The topological polar surface area (TPSA) is 21.8 Å². The van der Waals surface area contributed by atoms with Crippen LogP contribution in [0.1, 0.15) is 11.1 Å². The second-order valence-corrected chi connectivity index (χ2v) is 4.07. The second-order valence-electron chi connectivity index (χ2n) is 3.64. The SMILES string of the molecule is Cc1cc(Cl)cc(C)c1OCC1CO1. The van der Waals surface area contributed by atoms with Crippen LogP contribution in [0.3, 0.4) is 0 Å². The lowest BCUT2D eigenvalue weighted by molar-refractivity contribution is 0.260. The van der Waals surface area contributed by atoms with Crippen molar-refractivity contribution in [2.45, 2.75) is 20.0 Å². The molecule has 1 aliphatic rings. The molecule has 0 N–H and O–H groups in total. The van der Waals surface area contributed by atoms with Gasteiger partial charge in [-0.05, 0) is 37.1 Å². The fourth-order valence-corrected chi connectivity index (χ4v) is 1.79. The smallest absolute Gasteiger partial charge is 0.125 e. The third-order valence-corrected chi connectivity index (χ3v) is 2.46. The molecule has 1 heterocycles. The van der Waals surface area contributed by atoms with Crippen LogP contribution >= 0.6 is 11.6 Å². The van der Waals surface area contributed by atoms with Gasteiger partial charge in [0, 0.05) is 5.02 Å². The molecule has 76 valence electrons. The van der Waals surface area contributed by atoms with Crippen LogP contribution in [0.2, 0.25) is 5.02 Å². The van der Waals surface area contributed by atoms with Crippen molar-refractivity contribution >= 4 is 11.6 Å². The Morgan fingerprint density at radius 2 is 2.00 bits per heavy atom. The van der Waals surface area contributed by atoms with E-state index in [1.807, 2.05) is 26.0 Å². The Morgan fingerprint density at radius 3 is 2.50 bits per heavy atom. The fourth-order valence-electron chi connectivity index (χ4n) is 1.47. The molecule has 0 aliphatic carbocycles. The first-order valence-electron chi connectivity index (χ1n) is 4.68. The summed E-state index contributed by atoms with van der Waals surface area (Å²) < 4.78 is 10.7. The van der Waals surface area contributed by atoms with Crippen molar-refractivity contribution in [1.82, 2.24) is 0 Å². The van der Waals surface area contributed by atoms with Gasteiger partial charge in [0.25, 0.3) is 0 Å². The Kier molecular flexibility index (Phi) is 2.66. The van der Waals surface area contributed by atoms with Gasteiger partial charge in [-0.3, -0.25) is 0 Å². The average Bonchev–Trinajstić information content (AvgIpc) is 2.85. The fraction of sp³-hybridized carbons (Fsp3) is 0.455. The van der Waals surface area contributed by atoms with Crippen LogP contribution in [-0.4, -0.2) is 19.3 Å². The summed E-state index contributed by atoms with van der Waals surface area (Å²) in [6.45, 7) is 5.47. The van der Waals surface area contributed by atoms with Crippen LogP contribution < -0.4 is 4.74 Å². The molecule has 1 unspecified atom stereocenters. The standard InChI is InChI=1S/C11H13ClO2/c1-7-3-9(12)4-8(2)11(7)14-6-10-5-13-10/h3-4,10H,5-6H2,1-2H3. The monoisotopic (exact) mass is 212 g/mol. The van der Waals surface area contributed by atoms with Gasteiger partial charge in [-0.15, -0.1) is 0 Å². The van der Waals surface area contributed by atoms with E-state index in [2.05, 4.69) is 0 Å². The van der Waals surface area contributed by atoms with Gasteiger partial charge in [-0.2, -0.15) is 0 Å². The van der Waals surface area contributed by atoms with Crippen molar-refractivity contribution in [2.75, 3.05) is 13.2 Å². The third-order valence-electron chi connectivity index (χ3n) is 2.24. The first kappa shape index (κ1) is 9.81. The lowest BCUT2D eigenvalue weighted by Gasteiger charge is -2.11. The highest BCUT2D eigenvalue weighted by atomic mass is 35.5. The normalized spacial score (nSPS) is 19.5. The molecule has 2 nitrogen and oxygen atoms in total. The molecule has 0 saturated carbocycles. The molecule has 1 saturated heterocycles. The van der Waals surface area contributed by atoms with Gasteiger partial charge in [0.2, 0.25) is 0 Å². The largest absolute Gasteiger partial charge is 0.490 e. The second kappa shape index (κ2) is 3.79. The number of hydrogen-bond acceptors (Lipinski definition) is 2. The third kappa shape index (κ3) is 2.20. The van der Waals surface area contributed by atoms with Gasteiger partial charge in [-0.1, -0.05) is 11.6 Å². The minimum atomic E-state index is 0.296. The van der Waals surface area contributed by atoms with E-state index in [0.29, 0.717) is 12.7 Å². The van der Waals surface area contributed by atoms with Crippen LogP contribution in [0.25, 0.3) is 0 Å². The first-order valence-corrected chi connectivity index (χ1v) is 5.06. The lowest BCUT2D eigenvalue weighted by Crippen LogP contribution is -2.06. The predicted octanol–water partition coefficient (Wildman–Crippen LogP) is 2.73. The van der Waals surface area contributed by atoms with E-state index >= 15 is 0 Å². The minimum Gasteiger partial charge on any atom is -0.490 e. The van der Waals surface area contributed by atoms with Crippen LogP contribution in [0, 0.1) is 13.8 Å². The van der Waals surface area contributed by atoms with E-state index in [-0.39, 0.29) is 0 Å². The Morgan fingerprint density at radius 1 is 1.43 bits per heavy atom. The summed E-state index contributed by atoms with van der Waals surface area (Å²) >= 11 is 5.92. The highest BCUT2D eigenvalue weighted by molar-refractivity contribution is 6.30. The van der Waals surface area contributed by atoms with Gasteiger partial charge in [0.15, 0.2) is 0 Å². The van der Waals surface area contributed by atoms with Gasteiger partial charge in [-0.25, -0.2) is 0 Å². The molecule has 0 spiro atoms. The van der Waals surface area contributed by atoms with E-state index < -0.39 is 0 Å². The summed E-state index contributed by atoms with van der Waals surface area (Å²) in [5, 5.41) is 0.759. The van der Waals surface area contributed by atoms with Crippen LogP contribution in [0.5, 0.6) is 5.75 Å². The zero-order valence-corrected chi connectivity index (χ0v) is 9.10. The number of halogens is 1. The average molecular weight is 213 g/mol. The Labute approximate surface area is 88.8 Å². The Hall–Kier alpha value is -0.730. The van der Waals surface area contributed by atoms with Gasteiger partial charge in [0.05, 0.1) is 6.61 Å². The maximum Gasteiger partial charge on any atom is 0.125 e. The molecule has 1 fully saturated rings. The van der Waals surface area contributed by atoms with E-state index in [0.717, 1.165) is 28.5 Å². The van der Waals surface area contributed by atoms with Crippen LogP contribution in [-0.2, 0) is 4.74 Å². The predicted molar refractivity (Wildman–Crippen MR) is 56.2 cm³/mol. The summed E-state index contributed by atoms with van der Waals surface area (Å²) in [7, 11) is 0. The van der Waals surface area contributed by atoms with Crippen molar-refractivity contribution in [2.24, 2.45) is 0 Å². The molecule has 1 aromatic carbocycles. The van der Waals surface area contributed by atoms with E-state index in [4.69, 9.17) is 21.1 Å². The number of ether oxygens (including phenoxy) is 2. The van der Waals surface area contributed by atoms with E-state index in [1.54, 1.807) is 0 Å². The number of rotatable bonds is 3. The molecule has 1 aromatic rings. The first-order chi connectivity index (χ1) is 6.66. The molecule has 0 aromatic heterocycles. The molecule has 1 atom stereocenters. The number of aryl methyl sites for hydroxylation is 2. The molecule has 0 bridgehead atoms. The molecule has 0 radical (unpaired) electrons. The van der Waals surface area contributed by atoms with Crippen molar-refractivity contribution in [1.29, 1.82) is 0 Å². The van der Waals surface area contributed by atoms with Crippen molar-refractivity contribution < 1.29 is 9.47 Å². The maximum absolute atomic E-state index is 5.92. The maximum atomic E-state index is 5.92. The molecule has 14 heavy (non-hydrogen) atoms. The van der Waals surface area contributed by atoms with Gasteiger partial charge < -0.3 is 9.47 Å². The number of benzene rings is 1. The molecule has 0 amide bonds. The minimum absolute atomic E-state index is 0.296. The Bertz CT molecular complexity index is 322. The van der Waals surface area contributed by atoms with Gasteiger partial charge in [0.1, 0.15) is 18.5 Å². The summed E-state index contributed by atoms with van der Waals surface area (Å²) in [5.74, 6) is 0.935. The summed E-state index contributed by atoms with van der Waals surface area (Å²) in [5.41, 5.74) is 2.16. The van der Waals surface area contributed by atoms with E-state index in [1.165, 1.54) is 0 Å². The summed E-state index contributed by atoms with van der Waals surface area (Å²) in [6.07, 6.45) is 0.296. The van der Waals surface area contributed by atoms with Crippen molar-refractivity contribution in [3.8, 4) is 5.75 Å². The highest BCUT2D eigenvalue weighted by Crippen LogP contribution is 2.27. The summed E-state index contributed by atoms with van der Waals surface area (Å²) in [6, 6.07) is 3.83. The molecule has 1 aliphatic heterocycles. The molecular formula is C11H13ClO2. The molecular weight excluding hydrogens is 200 g/mol. The number of epoxide rings is 1.